The third-order valence-corrected chi connectivity index (χ3v) is 4.96. The summed E-state index contributed by atoms with van der Waals surface area (Å²) in [7, 11) is 0. The molecule has 0 radical (unpaired) electrons. The molecule has 0 unspecified atom stereocenters. The summed E-state index contributed by atoms with van der Waals surface area (Å²) in [5, 5.41) is 17.4. The van der Waals surface area contributed by atoms with E-state index in [1.54, 1.807) is 12.1 Å². The summed E-state index contributed by atoms with van der Waals surface area (Å²) in [5.74, 6) is 1.01. The molecule has 1 aromatic rings. The number of carbonyl (C=O) groups is 1. The minimum absolute atomic E-state index is 0.0835. The third-order valence-electron chi connectivity index (χ3n) is 4.96. The van der Waals surface area contributed by atoms with Gasteiger partial charge < -0.3 is 15.5 Å². The molecule has 1 saturated heterocycles. The van der Waals surface area contributed by atoms with Crippen molar-refractivity contribution < 1.29 is 9.72 Å². The van der Waals surface area contributed by atoms with Gasteiger partial charge in [0.2, 0.25) is 5.91 Å². The zero-order chi connectivity index (χ0) is 20.9. The fraction of sp³-hybridized carbons (Fsp3) is 0.619. The number of unbranched alkanes of at least 4 members (excludes halogenated alkanes) is 1. The number of guanidine groups is 1. The van der Waals surface area contributed by atoms with Crippen LogP contribution in [0.4, 0.5) is 5.69 Å². The van der Waals surface area contributed by atoms with Crippen LogP contribution in [-0.2, 0) is 11.3 Å². The largest absolute Gasteiger partial charge is 0.356 e. The maximum absolute atomic E-state index is 12.1. The van der Waals surface area contributed by atoms with Crippen LogP contribution >= 0.6 is 0 Å². The number of aliphatic imine (C=N–C) groups is 1. The van der Waals surface area contributed by atoms with Crippen LogP contribution < -0.4 is 10.6 Å². The molecular weight excluding hydrogens is 370 g/mol. The summed E-state index contributed by atoms with van der Waals surface area (Å²) >= 11 is 0. The molecule has 0 bridgehead atoms. The number of hydrogen-bond acceptors (Lipinski definition) is 4. The Labute approximate surface area is 172 Å². The molecule has 2 N–H and O–H groups in total. The molecule has 160 valence electrons. The zero-order valence-electron chi connectivity index (χ0n) is 17.4. The van der Waals surface area contributed by atoms with Gasteiger partial charge in [-0.3, -0.25) is 14.9 Å². The van der Waals surface area contributed by atoms with Gasteiger partial charge in [-0.2, -0.15) is 0 Å². The van der Waals surface area contributed by atoms with Crippen LogP contribution in [-0.4, -0.2) is 47.9 Å². The van der Waals surface area contributed by atoms with Crippen LogP contribution in [0.3, 0.4) is 0 Å². The zero-order valence-corrected chi connectivity index (χ0v) is 17.4. The number of nitro benzene ring substituents is 1. The molecule has 29 heavy (non-hydrogen) atoms. The van der Waals surface area contributed by atoms with Crippen LogP contribution in [0.2, 0.25) is 0 Å². The summed E-state index contributed by atoms with van der Waals surface area (Å²) in [6.07, 6.45) is 6.95. The predicted molar refractivity (Wildman–Crippen MR) is 115 cm³/mol. The first-order valence-electron chi connectivity index (χ1n) is 10.6. The van der Waals surface area contributed by atoms with Crippen molar-refractivity contribution in [3.63, 3.8) is 0 Å². The molecule has 1 amide bonds. The number of carbonyl (C=O) groups excluding carboxylic acids is 1. The molecule has 0 atom stereocenters. The van der Waals surface area contributed by atoms with Crippen molar-refractivity contribution in [3.05, 3.63) is 39.9 Å². The lowest BCUT2D eigenvalue weighted by molar-refractivity contribution is -0.384. The number of non-ortho nitro benzene ring substituents is 1. The molecule has 0 spiro atoms. The third kappa shape index (κ3) is 8.50. The first kappa shape index (κ1) is 22.6. The van der Waals surface area contributed by atoms with Crippen LogP contribution in [0.5, 0.6) is 0 Å². The van der Waals surface area contributed by atoms with Crippen LogP contribution in [0, 0.1) is 10.1 Å². The highest BCUT2D eigenvalue weighted by molar-refractivity contribution is 5.79. The monoisotopic (exact) mass is 403 g/mol. The molecule has 8 heteroatoms. The minimum Gasteiger partial charge on any atom is -0.356 e. The summed E-state index contributed by atoms with van der Waals surface area (Å²) in [6, 6.07) is 6.47. The fourth-order valence-corrected chi connectivity index (χ4v) is 3.20. The van der Waals surface area contributed by atoms with Gasteiger partial charge in [-0.05, 0) is 31.2 Å². The van der Waals surface area contributed by atoms with E-state index < -0.39 is 4.92 Å². The van der Waals surface area contributed by atoms with Gasteiger partial charge in [-0.15, -0.1) is 0 Å². The number of nitrogens with one attached hydrogen (secondary N) is 2. The van der Waals surface area contributed by atoms with Gasteiger partial charge in [0.1, 0.15) is 0 Å². The van der Waals surface area contributed by atoms with E-state index in [-0.39, 0.29) is 11.6 Å². The summed E-state index contributed by atoms with van der Waals surface area (Å²) in [4.78, 5) is 29.0. The Hall–Kier alpha value is -2.64. The molecule has 0 aromatic heterocycles. The SMILES string of the molecule is CCCCNC(=NCc1ccc([N+](=O)[O-])cc1)NCCCN1CCCCCC1=O. The highest BCUT2D eigenvalue weighted by Gasteiger charge is 2.15. The van der Waals surface area contributed by atoms with Gasteiger partial charge in [0.05, 0.1) is 11.5 Å². The minimum atomic E-state index is -0.401. The van der Waals surface area contributed by atoms with E-state index >= 15 is 0 Å². The molecule has 0 aliphatic carbocycles. The topological polar surface area (TPSA) is 99.9 Å². The van der Waals surface area contributed by atoms with Gasteiger partial charge in [-0.1, -0.05) is 31.9 Å². The van der Waals surface area contributed by atoms with E-state index in [1.807, 2.05) is 4.90 Å². The molecule has 1 fully saturated rings. The van der Waals surface area contributed by atoms with Crippen molar-refractivity contribution in [2.24, 2.45) is 4.99 Å². The lowest BCUT2D eigenvalue weighted by atomic mass is 10.2. The smallest absolute Gasteiger partial charge is 0.269 e. The number of nitrogens with zero attached hydrogens (tertiary/aromatic N) is 3. The van der Waals surface area contributed by atoms with E-state index in [9.17, 15) is 14.9 Å². The van der Waals surface area contributed by atoms with Crippen molar-refractivity contribution in [3.8, 4) is 0 Å². The van der Waals surface area contributed by atoms with Gasteiger partial charge in [0, 0.05) is 44.7 Å². The van der Waals surface area contributed by atoms with Crippen molar-refractivity contribution in [2.45, 2.75) is 58.4 Å². The number of likely N-dealkylation sites (tertiary alicyclic amines) is 1. The normalized spacial score (nSPS) is 15.1. The Morgan fingerprint density at radius 2 is 1.86 bits per heavy atom. The van der Waals surface area contributed by atoms with Gasteiger partial charge in [0.25, 0.3) is 5.69 Å². The van der Waals surface area contributed by atoms with E-state index in [4.69, 9.17) is 0 Å². The quantitative estimate of drug-likeness (QED) is 0.205. The fourth-order valence-electron chi connectivity index (χ4n) is 3.20. The molecule has 2 rings (SSSR count). The van der Waals surface area contributed by atoms with Crippen LogP contribution in [0.15, 0.2) is 29.3 Å². The number of hydrogen-bond donors (Lipinski definition) is 2. The number of benzene rings is 1. The van der Waals surface area contributed by atoms with Crippen molar-refractivity contribution >= 4 is 17.6 Å². The van der Waals surface area contributed by atoms with Gasteiger partial charge in [-0.25, -0.2) is 4.99 Å². The Morgan fingerprint density at radius 3 is 2.55 bits per heavy atom. The van der Waals surface area contributed by atoms with E-state index in [1.165, 1.54) is 12.1 Å². The lowest BCUT2D eigenvalue weighted by Crippen LogP contribution is -2.40. The second-order valence-electron chi connectivity index (χ2n) is 7.34. The van der Waals surface area contributed by atoms with Gasteiger partial charge in [0.15, 0.2) is 5.96 Å². The average Bonchev–Trinajstić information content (AvgIpc) is 2.93. The molecule has 1 heterocycles. The standard InChI is InChI=1S/C21H33N5O3/c1-2-3-13-22-21(24-17-18-9-11-19(12-10-18)26(28)29)23-14-7-16-25-15-6-4-5-8-20(25)27/h9-12H,2-8,13-17H2,1H3,(H2,22,23,24). The van der Waals surface area contributed by atoms with Crippen molar-refractivity contribution in [1.29, 1.82) is 0 Å². The maximum atomic E-state index is 12.1. The summed E-state index contributed by atoms with van der Waals surface area (Å²) < 4.78 is 0. The van der Waals surface area contributed by atoms with Crippen LogP contribution in [0.1, 0.15) is 57.4 Å². The Bertz CT molecular complexity index is 675. The second-order valence-corrected chi connectivity index (χ2v) is 7.34. The highest BCUT2D eigenvalue weighted by Crippen LogP contribution is 2.13. The molecule has 8 nitrogen and oxygen atoms in total. The Balaban J connectivity index is 1.83. The summed E-state index contributed by atoms with van der Waals surface area (Å²) in [5.41, 5.74) is 1.00. The lowest BCUT2D eigenvalue weighted by Gasteiger charge is -2.21. The average molecular weight is 404 g/mol. The van der Waals surface area contributed by atoms with Crippen molar-refractivity contribution in [2.75, 3.05) is 26.2 Å². The number of rotatable bonds is 10. The molecular formula is C21H33N5O3. The van der Waals surface area contributed by atoms with E-state index in [0.29, 0.717) is 13.0 Å². The molecule has 0 saturated carbocycles. The first-order valence-corrected chi connectivity index (χ1v) is 10.6. The Morgan fingerprint density at radius 1 is 1.14 bits per heavy atom. The number of amides is 1. The Kier molecular flexibility index (Phi) is 9.95. The van der Waals surface area contributed by atoms with Crippen molar-refractivity contribution in [1.82, 2.24) is 15.5 Å². The van der Waals surface area contributed by atoms with Gasteiger partial charge >= 0.3 is 0 Å². The second kappa shape index (κ2) is 12.7. The predicted octanol–water partition coefficient (Wildman–Crippen LogP) is 3.22. The van der Waals surface area contributed by atoms with E-state index in [2.05, 4.69) is 22.5 Å². The molecule has 1 aromatic carbocycles. The summed E-state index contributed by atoms with van der Waals surface area (Å²) in [6.45, 7) is 5.81. The molecule has 1 aliphatic heterocycles. The first-order chi connectivity index (χ1) is 14.1. The van der Waals surface area contributed by atoms with E-state index in [0.717, 1.165) is 76.2 Å². The number of nitro groups is 1. The highest BCUT2D eigenvalue weighted by atomic mass is 16.6. The van der Waals surface area contributed by atoms with Crippen LogP contribution in [0.25, 0.3) is 0 Å². The maximum Gasteiger partial charge on any atom is 0.269 e. The molecule has 1 aliphatic rings.